The number of hydrogen-bond acceptors (Lipinski definition) is 2. The van der Waals surface area contributed by atoms with Crippen LogP contribution in [-0.4, -0.2) is 0 Å². The maximum absolute atomic E-state index is 8.12. The molecular formula is HKNO2+. The van der Waals surface area contributed by atoms with E-state index in [0.717, 1.165) is 0 Å². The molecule has 0 aromatic carbocycles. The van der Waals surface area contributed by atoms with Gasteiger partial charge in [-0.1, -0.05) is 0 Å². The quantitative estimate of drug-likeness (QED) is 0.183. The van der Waals surface area contributed by atoms with Crippen molar-refractivity contribution in [3.05, 3.63) is 10.1 Å². The van der Waals surface area contributed by atoms with Gasteiger partial charge in [-0.2, -0.15) is 0 Å². The van der Waals surface area contributed by atoms with Crippen LogP contribution in [0.25, 0.3) is 0 Å². The molecule has 18 valence electrons. The number of nitrogens with one attached hydrogen (secondary N) is 1. The van der Waals surface area contributed by atoms with Crippen LogP contribution in [0.4, 0.5) is 0 Å². The molecule has 1 N–H and O–H groups in total. The van der Waals surface area contributed by atoms with Gasteiger partial charge in [0.2, 0.25) is 0 Å². The predicted octanol–water partition coefficient (Wildman–Crippen LogP) is -4.66. The van der Waals surface area contributed by atoms with E-state index in [2.05, 4.69) is 0 Å². The summed E-state index contributed by atoms with van der Waals surface area (Å²) < 4.78 is 0. The van der Waals surface area contributed by atoms with Crippen molar-refractivity contribution in [2.75, 3.05) is 0 Å². The monoisotopic (exact) mass is 86.0 g/mol. The molecule has 0 aliphatic carbocycles. The molecule has 0 fully saturated rings. The van der Waals surface area contributed by atoms with Crippen molar-refractivity contribution in [1.82, 2.24) is 0 Å². The fraction of sp³-hybridized carbons (Fsp3) is 0. The summed E-state index contributed by atoms with van der Waals surface area (Å²) in [5, 5.41) is 8.38. The van der Waals surface area contributed by atoms with Crippen LogP contribution in [-0.2, 0) is 0 Å². The molecule has 4 heteroatoms. The van der Waals surface area contributed by atoms with Gasteiger partial charge in [-0.15, -0.1) is 0 Å². The van der Waals surface area contributed by atoms with Crippen molar-refractivity contribution in [3.63, 3.8) is 0 Å². The Kier molecular flexibility index (Phi) is 20.0. The average molecular weight is 86.1 g/mol. The molecule has 0 aliphatic heterocycles. The van der Waals surface area contributed by atoms with Crippen LogP contribution in [0.2, 0.25) is 0 Å². The Morgan fingerprint density at radius 1 is 1.75 bits per heavy atom. The van der Waals surface area contributed by atoms with Gasteiger partial charge < -0.3 is 0 Å². The van der Waals surface area contributed by atoms with Gasteiger partial charge in [-0.05, 0) is 0 Å². The van der Waals surface area contributed by atoms with E-state index in [9.17, 15) is 0 Å². The maximum atomic E-state index is 8.12. The molecule has 4 heavy (non-hydrogen) atoms. The first-order chi connectivity index (χ1) is 1.41. The van der Waals surface area contributed by atoms with Crippen molar-refractivity contribution in [1.29, 1.82) is 0 Å². The molecule has 0 heterocycles. The molecule has 0 atom stereocenters. The van der Waals surface area contributed by atoms with Crippen molar-refractivity contribution in [3.8, 4) is 0 Å². The Morgan fingerprint density at radius 2 is 1.75 bits per heavy atom. The second kappa shape index (κ2) is 8.97. The third-order valence-electron chi connectivity index (χ3n) is 0. The van der Waals surface area contributed by atoms with Crippen molar-refractivity contribution < 1.29 is 56.7 Å². The zero-order valence-electron chi connectivity index (χ0n) is 2.32. The third kappa shape index (κ3) is 11.7. The number of hydrogen-bond donors (Lipinski definition) is 1. The summed E-state index contributed by atoms with van der Waals surface area (Å²) in [5.74, 6) is 0. The fourth-order valence-electron chi connectivity index (χ4n) is 0. The molecule has 0 aliphatic rings. The van der Waals surface area contributed by atoms with Crippen LogP contribution in [0.1, 0.15) is 0 Å². The molecule has 0 saturated carbocycles. The van der Waals surface area contributed by atoms with E-state index in [1.54, 1.807) is 0 Å². The minimum atomic E-state index is 0. The zero-order chi connectivity index (χ0) is 2.71. The van der Waals surface area contributed by atoms with Crippen molar-refractivity contribution in [2.45, 2.75) is 0 Å². The van der Waals surface area contributed by atoms with Crippen LogP contribution >= 0.6 is 0 Å². The van der Waals surface area contributed by atoms with Crippen molar-refractivity contribution in [2.24, 2.45) is 0 Å². The van der Waals surface area contributed by atoms with E-state index >= 15 is 0 Å². The van der Waals surface area contributed by atoms with Crippen LogP contribution in [0.5, 0.6) is 0 Å². The van der Waals surface area contributed by atoms with E-state index < -0.39 is 0 Å². The molecular weight excluding hydrogens is 85.1 g/mol. The molecule has 3 nitrogen and oxygen atoms in total. The fourth-order valence-corrected chi connectivity index (χ4v) is 0. The van der Waals surface area contributed by atoms with E-state index in [1.165, 1.54) is 0 Å². The Labute approximate surface area is 65.7 Å². The summed E-state index contributed by atoms with van der Waals surface area (Å²) in [6, 6.07) is 0. The summed E-state index contributed by atoms with van der Waals surface area (Å²) in [5.41, 5.74) is 0. The Balaban J connectivity index is 0. The van der Waals surface area contributed by atoms with Crippen LogP contribution in [0.3, 0.4) is 0 Å². The third-order valence-corrected chi connectivity index (χ3v) is 0. The largest absolute Gasteiger partial charge is 1.00 e. The Morgan fingerprint density at radius 3 is 1.75 bits per heavy atom. The minimum Gasteiger partial charge on any atom is -0.267 e. The molecule has 0 amide bonds. The molecule has 0 rings (SSSR count). The summed E-state index contributed by atoms with van der Waals surface area (Å²) in [6.07, 6.45) is 0. The summed E-state index contributed by atoms with van der Waals surface area (Å²) in [6.45, 7) is 0. The van der Waals surface area contributed by atoms with E-state index in [4.69, 9.17) is 10.1 Å². The molecule has 0 unspecified atom stereocenters. The topological polar surface area (TPSA) is 54.1 Å². The standard InChI is InChI=1S/K.HNO2/c;2-1-3/h;1H/q+1;. The van der Waals surface area contributed by atoms with Gasteiger partial charge in [-0.3, -0.25) is 10.1 Å². The maximum Gasteiger partial charge on any atom is 1.00 e. The van der Waals surface area contributed by atoms with Gasteiger partial charge in [0.1, 0.15) is 0 Å². The SMILES string of the molecule is O=[NH+][O-].[K+]. The first-order valence-corrected chi connectivity index (χ1v) is 0.408. The van der Waals surface area contributed by atoms with Crippen LogP contribution in [0, 0.1) is 10.1 Å². The smallest absolute Gasteiger partial charge is 0.267 e. The number of rotatable bonds is 0. The van der Waals surface area contributed by atoms with Gasteiger partial charge in [0.05, 0.1) is 0 Å². The van der Waals surface area contributed by atoms with E-state index in [0.29, 0.717) is 0 Å². The predicted molar refractivity (Wildman–Crippen MR) is 7.70 cm³/mol. The molecule has 0 spiro atoms. The van der Waals surface area contributed by atoms with Gasteiger partial charge >= 0.3 is 51.4 Å². The zero-order valence-corrected chi connectivity index (χ0v) is 5.44. The Hall–Kier alpha value is 1.04. The van der Waals surface area contributed by atoms with Crippen LogP contribution < -0.4 is 56.7 Å². The summed E-state index contributed by atoms with van der Waals surface area (Å²) >= 11 is 0. The minimum absolute atomic E-state index is 0. The molecule has 0 aromatic heterocycles. The summed E-state index contributed by atoms with van der Waals surface area (Å²) in [7, 11) is 0. The van der Waals surface area contributed by atoms with E-state index in [1.807, 2.05) is 0 Å². The van der Waals surface area contributed by atoms with E-state index in [-0.39, 0.29) is 56.7 Å². The molecule has 0 aromatic rings. The first kappa shape index (κ1) is 8.90. The molecule has 0 saturated heterocycles. The first-order valence-electron chi connectivity index (χ1n) is 0.408. The summed E-state index contributed by atoms with van der Waals surface area (Å²) in [4.78, 5) is 8.12. The van der Waals surface area contributed by atoms with Crippen molar-refractivity contribution >= 4 is 0 Å². The second-order valence-electron chi connectivity index (χ2n) is 0.0833. The van der Waals surface area contributed by atoms with Gasteiger partial charge in [0.25, 0.3) is 0 Å². The normalized spacial score (nSPS) is 3.00. The second-order valence-corrected chi connectivity index (χ2v) is 0.0833. The Bertz CT molecular complexity index is 13.5. The van der Waals surface area contributed by atoms with Gasteiger partial charge in [-0.25, -0.2) is 0 Å². The molecule has 0 radical (unpaired) electrons. The molecule has 0 bridgehead atoms. The van der Waals surface area contributed by atoms with Gasteiger partial charge in [0.15, 0.2) is 0 Å². The average Bonchev–Trinajstić information content (AvgIpc) is 0.918. The van der Waals surface area contributed by atoms with Crippen LogP contribution in [0.15, 0.2) is 0 Å². The van der Waals surface area contributed by atoms with Gasteiger partial charge in [0, 0.05) is 5.34 Å².